The van der Waals surface area contributed by atoms with Gasteiger partial charge in [-0.1, -0.05) is 30.4 Å². The van der Waals surface area contributed by atoms with E-state index >= 15 is 0 Å². The molecule has 1 atom stereocenters. The SMILES string of the molecule is C=CCN(CC=C)C(=O)CC1C(=O)NCCN1Cc1ccccc1C(F)(F)F. The summed E-state index contributed by atoms with van der Waals surface area (Å²) in [6.45, 7) is 8.43. The van der Waals surface area contributed by atoms with Crippen LogP contribution in [0.25, 0.3) is 0 Å². The van der Waals surface area contributed by atoms with Crippen molar-refractivity contribution in [3.63, 3.8) is 0 Å². The Kier molecular flexibility index (Phi) is 7.39. The number of nitrogens with one attached hydrogen (secondary N) is 1. The van der Waals surface area contributed by atoms with Crippen molar-refractivity contribution in [1.29, 1.82) is 0 Å². The summed E-state index contributed by atoms with van der Waals surface area (Å²) in [5, 5.41) is 2.69. The second kappa shape index (κ2) is 9.54. The van der Waals surface area contributed by atoms with Crippen molar-refractivity contribution in [3.05, 3.63) is 60.7 Å². The fraction of sp³-hybridized carbons (Fsp3) is 0.400. The van der Waals surface area contributed by atoms with E-state index in [1.807, 2.05) is 0 Å². The molecule has 8 heteroatoms. The van der Waals surface area contributed by atoms with Gasteiger partial charge in [0.2, 0.25) is 11.8 Å². The molecule has 1 aliphatic heterocycles. The van der Waals surface area contributed by atoms with Crippen LogP contribution in [0.5, 0.6) is 0 Å². The van der Waals surface area contributed by atoms with Gasteiger partial charge in [-0.15, -0.1) is 13.2 Å². The van der Waals surface area contributed by atoms with E-state index < -0.39 is 17.8 Å². The maximum Gasteiger partial charge on any atom is 0.416 e. The first-order valence-corrected chi connectivity index (χ1v) is 8.94. The highest BCUT2D eigenvalue weighted by Gasteiger charge is 2.36. The Morgan fingerprint density at radius 1 is 1.25 bits per heavy atom. The molecule has 0 bridgehead atoms. The van der Waals surface area contributed by atoms with Crippen molar-refractivity contribution >= 4 is 11.8 Å². The molecule has 0 aliphatic carbocycles. The quantitative estimate of drug-likeness (QED) is 0.689. The standard InChI is InChI=1S/C20H24F3N3O2/c1-3-10-25(11-4-2)18(27)13-17-19(28)24-9-12-26(17)14-15-7-5-6-8-16(15)20(21,22)23/h3-8,17H,1-2,9-14H2,(H,24,28). The van der Waals surface area contributed by atoms with Crippen LogP contribution in [0.1, 0.15) is 17.5 Å². The van der Waals surface area contributed by atoms with Crippen LogP contribution in [0.15, 0.2) is 49.6 Å². The summed E-state index contributed by atoms with van der Waals surface area (Å²) in [6, 6.07) is 4.45. The number of amides is 2. The van der Waals surface area contributed by atoms with Gasteiger partial charge in [0, 0.05) is 32.7 Å². The molecule has 0 aromatic heterocycles. The molecule has 2 amide bonds. The van der Waals surface area contributed by atoms with Crippen LogP contribution in [0, 0.1) is 0 Å². The van der Waals surface area contributed by atoms with E-state index in [1.54, 1.807) is 17.1 Å². The van der Waals surface area contributed by atoms with Gasteiger partial charge in [-0.3, -0.25) is 14.5 Å². The van der Waals surface area contributed by atoms with E-state index in [2.05, 4.69) is 18.5 Å². The lowest BCUT2D eigenvalue weighted by molar-refractivity contribution is -0.140. The van der Waals surface area contributed by atoms with Crippen molar-refractivity contribution in [3.8, 4) is 0 Å². The van der Waals surface area contributed by atoms with Crippen LogP contribution in [0.3, 0.4) is 0 Å². The monoisotopic (exact) mass is 395 g/mol. The van der Waals surface area contributed by atoms with Gasteiger partial charge in [0.15, 0.2) is 0 Å². The lowest BCUT2D eigenvalue weighted by atomic mass is 10.0. The molecule has 5 nitrogen and oxygen atoms in total. The number of carbonyl (C=O) groups excluding carboxylic acids is 2. The Morgan fingerprint density at radius 3 is 2.50 bits per heavy atom. The van der Waals surface area contributed by atoms with Gasteiger partial charge in [-0.25, -0.2) is 0 Å². The molecule has 0 radical (unpaired) electrons. The van der Waals surface area contributed by atoms with Crippen molar-refractivity contribution in [2.45, 2.75) is 25.2 Å². The average molecular weight is 395 g/mol. The van der Waals surface area contributed by atoms with E-state index in [-0.39, 0.29) is 30.3 Å². The molecular formula is C20H24F3N3O2. The van der Waals surface area contributed by atoms with E-state index in [9.17, 15) is 22.8 Å². The molecule has 1 saturated heterocycles. The smallest absolute Gasteiger partial charge is 0.353 e. The lowest BCUT2D eigenvalue weighted by Gasteiger charge is -2.36. The van der Waals surface area contributed by atoms with E-state index in [0.717, 1.165) is 6.07 Å². The summed E-state index contributed by atoms with van der Waals surface area (Å²) in [5.41, 5.74) is -0.651. The van der Waals surface area contributed by atoms with Gasteiger partial charge < -0.3 is 10.2 Å². The van der Waals surface area contributed by atoms with Crippen LogP contribution in [0.4, 0.5) is 13.2 Å². The molecule has 28 heavy (non-hydrogen) atoms. The normalized spacial score (nSPS) is 17.7. The maximum absolute atomic E-state index is 13.3. The maximum atomic E-state index is 13.3. The largest absolute Gasteiger partial charge is 0.416 e. The average Bonchev–Trinajstić information content (AvgIpc) is 2.64. The summed E-state index contributed by atoms with van der Waals surface area (Å²) < 4.78 is 39.9. The van der Waals surface area contributed by atoms with Crippen molar-refractivity contribution in [2.75, 3.05) is 26.2 Å². The minimum atomic E-state index is -4.48. The summed E-state index contributed by atoms with van der Waals surface area (Å²) >= 11 is 0. The Bertz CT molecular complexity index is 724. The van der Waals surface area contributed by atoms with Crippen LogP contribution in [-0.2, 0) is 22.3 Å². The second-order valence-electron chi connectivity index (χ2n) is 6.51. The molecule has 1 fully saturated rings. The zero-order chi connectivity index (χ0) is 20.7. The minimum Gasteiger partial charge on any atom is -0.353 e. The Labute approximate surface area is 162 Å². The molecule has 1 N–H and O–H groups in total. The van der Waals surface area contributed by atoms with Crippen LogP contribution in [0.2, 0.25) is 0 Å². The zero-order valence-electron chi connectivity index (χ0n) is 15.5. The summed E-state index contributed by atoms with van der Waals surface area (Å²) in [4.78, 5) is 28.1. The van der Waals surface area contributed by atoms with Gasteiger partial charge in [-0.2, -0.15) is 13.2 Å². The third-order valence-electron chi connectivity index (χ3n) is 4.56. The van der Waals surface area contributed by atoms with Crippen LogP contribution < -0.4 is 5.32 Å². The van der Waals surface area contributed by atoms with Gasteiger partial charge in [0.25, 0.3) is 0 Å². The molecule has 0 saturated carbocycles. The minimum absolute atomic E-state index is 0.0655. The zero-order valence-corrected chi connectivity index (χ0v) is 15.5. The molecule has 1 aromatic carbocycles. The van der Waals surface area contributed by atoms with Crippen molar-refractivity contribution in [1.82, 2.24) is 15.1 Å². The summed E-state index contributed by atoms with van der Waals surface area (Å²) in [7, 11) is 0. The summed E-state index contributed by atoms with van der Waals surface area (Å²) in [6.07, 6.45) is -1.47. The molecule has 2 rings (SSSR count). The third kappa shape index (κ3) is 5.45. The number of nitrogens with zero attached hydrogens (tertiary/aromatic N) is 2. The number of carbonyl (C=O) groups is 2. The Hall–Kier alpha value is -2.61. The van der Waals surface area contributed by atoms with Crippen molar-refractivity contribution in [2.24, 2.45) is 0 Å². The van der Waals surface area contributed by atoms with Crippen molar-refractivity contribution < 1.29 is 22.8 Å². The number of piperazine rings is 1. The van der Waals surface area contributed by atoms with Crippen LogP contribution in [-0.4, -0.2) is 53.8 Å². The predicted octanol–water partition coefficient (Wildman–Crippen LogP) is 2.60. The molecule has 1 unspecified atom stereocenters. The van der Waals surface area contributed by atoms with E-state index in [4.69, 9.17) is 0 Å². The predicted molar refractivity (Wildman–Crippen MR) is 100 cm³/mol. The van der Waals surface area contributed by atoms with Gasteiger partial charge in [-0.05, 0) is 11.6 Å². The second-order valence-corrected chi connectivity index (χ2v) is 6.51. The number of benzene rings is 1. The number of hydrogen-bond acceptors (Lipinski definition) is 3. The molecule has 152 valence electrons. The highest BCUT2D eigenvalue weighted by Crippen LogP contribution is 2.32. The van der Waals surface area contributed by atoms with E-state index in [0.29, 0.717) is 26.2 Å². The van der Waals surface area contributed by atoms with Gasteiger partial charge >= 0.3 is 6.18 Å². The fourth-order valence-corrected chi connectivity index (χ4v) is 3.21. The Balaban J connectivity index is 2.21. The third-order valence-corrected chi connectivity index (χ3v) is 4.56. The van der Waals surface area contributed by atoms with E-state index in [1.165, 1.54) is 23.1 Å². The number of halogens is 3. The first-order chi connectivity index (χ1) is 13.3. The topological polar surface area (TPSA) is 52.7 Å². The first-order valence-electron chi connectivity index (χ1n) is 8.94. The highest BCUT2D eigenvalue weighted by atomic mass is 19.4. The van der Waals surface area contributed by atoms with Gasteiger partial charge in [0.1, 0.15) is 0 Å². The molecular weight excluding hydrogens is 371 g/mol. The molecule has 0 spiro atoms. The summed E-state index contributed by atoms with van der Waals surface area (Å²) in [5.74, 6) is -0.641. The number of alkyl halides is 3. The molecule has 1 heterocycles. The number of rotatable bonds is 8. The fourth-order valence-electron chi connectivity index (χ4n) is 3.21. The number of hydrogen-bond donors (Lipinski definition) is 1. The molecule has 1 aliphatic rings. The molecule has 1 aromatic rings. The Morgan fingerprint density at radius 2 is 1.89 bits per heavy atom. The van der Waals surface area contributed by atoms with Crippen LogP contribution >= 0.6 is 0 Å². The lowest BCUT2D eigenvalue weighted by Crippen LogP contribution is -2.56. The van der Waals surface area contributed by atoms with Gasteiger partial charge in [0.05, 0.1) is 18.0 Å². The highest BCUT2D eigenvalue weighted by molar-refractivity contribution is 5.89. The first kappa shape index (κ1) is 21.7.